The fourth-order valence-electron chi connectivity index (χ4n) is 3.22. The maximum Gasteiger partial charge on any atom is 0.226 e. The molecule has 134 valence electrons. The zero-order chi connectivity index (χ0) is 17.9. The summed E-state index contributed by atoms with van der Waals surface area (Å²) in [7, 11) is 0. The second-order valence-electron chi connectivity index (χ2n) is 6.24. The molecule has 0 radical (unpaired) electrons. The molecule has 2 aromatic rings. The number of unbranched alkanes of at least 4 members (excludes halogenated alkanes) is 1. The Morgan fingerprint density at radius 2 is 2.44 bits per heavy atom. The van der Waals surface area contributed by atoms with Crippen LogP contribution in [0.2, 0.25) is 0 Å². The van der Waals surface area contributed by atoms with Crippen LogP contribution >= 0.6 is 0 Å². The molecule has 2 aromatic heterocycles. The Balaban J connectivity index is 2.10. The largest absolute Gasteiger partial charge is 0.477 e. The number of hydrogen-bond acceptors (Lipinski definition) is 6. The van der Waals surface area contributed by atoms with E-state index in [9.17, 15) is 9.65 Å². The topological polar surface area (TPSA) is 99.0 Å². The standard InChI is InChI=1S/C17H22FN5O2/c1-2-3-9-25-16-14-12(4-8-21-16)23(22-15(14)20)17(5-7-19)6-10-24-11-13(17)18/h4,8,13H,2-3,5-6,9-11H2,1H3,(H2,20,22)/t13-,17+/m1/s1. The summed E-state index contributed by atoms with van der Waals surface area (Å²) in [5.74, 6) is 0.620. The van der Waals surface area contributed by atoms with Crippen LogP contribution in [-0.2, 0) is 10.3 Å². The molecule has 1 aliphatic rings. The SMILES string of the molecule is CCCCOc1nccc2c1c(N)nn2[C@@]1(CC#N)CCOC[C@H]1F. The second kappa shape index (κ2) is 7.23. The van der Waals surface area contributed by atoms with Gasteiger partial charge in [-0.15, -0.1) is 0 Å². The van der Waals surface area contributed by atoms with Crippen LogP contribution in [0.15, 0.2) is 12.3 Å². The normalized spacial score (nSPS) is 23.5. The van der Waals surface area contributed by atoms with E-state index in [1.165, 1.54) is 0 Å². The highest BCUT2D eigenvalue weighted by Gasteiger charge is 2.46. The van der Waals surface area contributed by atoms with Crippen molar-refractivity contribution >= 4 is 16.7 Å². The summed E-state index contributed by atoms with van der Waals surface area (Å²) in [6, 6.07) is 3.82. The Hall–Kier alpha value is -2.40. The molecule has 0 amide bonds. The minimum absolute atomic E-state index is 0.0118. The van der Waals surface area contributed by atoms with Crippen LogP contribution in [0.3, 0.4) is 0 Å². The molecular weight excluding hydrogens is 325 g/mol. The van der Waals surface area contributed by atoms with Crippen LogP contribution in [-0.4, -0.2) is 40.8 Å². The highest BCUT2D eigenvalue weighted by atomic mass is 19.1. The minimum Gasteiger partial charge on any atom is -0.477 e. The van der Waals surface area contributed by atoms with Gasteiger partial charge in [0.1, 0.15) is 17.1 Å². The zero-order valence-electron chi connectivity index (χ0n) is 14.2. The summed E-state index contributed by atoms with van der Waals surface area (Å²) in [6.07, 6.45) is 2.48. The Labute approximate surface area is 145 Å². The van der Waals surface area contributed by atoms with Gasteiger partial charge in [0, 0.05) is 12.8 Å². The number of anilines is 1. The van der Waals surface area contributed by atoms with Gasteiger partial charge in [0.2, 0.25) is 5.88 Å². The lowest BCUT2D eigenvalue weighted by atomic mass is 9.85. The number of nitrogen functional groups attached to an aromatic ring is 1. The summed E-state index contributed by atoms with van der Waals surface area (Å²) in [6.45, 7) is 2.90. The highest BCUT2D eigenvalue weighted by molar-refractivity contribution is 5.93. The molecular formula is C17H22FN5O2. The number of rotatable bonds is 6. The summed E-state index contributed by atoms with van der Waals surface area (Å²) in [5, 5.41) is 14.2. The molecule has 0 aliphatic carbocycles. The Morgan fingerprint density at radius 1 is 1.60 bits per heavy atom. The molecule has 8 heteroatoms. The smallest absolute Gasteiger partial charge is 0.226 e. The Kier molecular flexibility index (Phi) is 5.04. The fraction of sp³-hybridized carbons (Fsp3) is 0.588. The van der Waals surface area contributed by atoms with Gasteiger partial charge < -0.3 is 15.2 Å². The molecule has 3 heterocycles. The molecule has 2 N–H and O–H groups in total. The van der Waals surface area contributed by atoms with E-state index in [1.54, 1.807) is 16.9 Å². The molecule has 3 rings (SSSR count). The Morgan fingerprint density at radius 3 is 3.16 bits per heavy atom. The molecule has 0 saturated carbocycles. The monoisotopic (exact) mass is 347 g/mol. The van der Waals surface area contributed by atoms with Crippen LogP contribution in [0.5, 0.6) is 5.88 Å². The summed E-state index contributed by atoms with van der Waals surface area (Å²) >= 11 is 0. The van der Waals surface area contributed by atoms with Gasteiger partial charge >= 0.3 is 0 Å². The third-order valence-corrected chi connectivity index (χ3v) is 4.66. The molecule has 0 aromatic carbocycles. The van der Waals surface area contributed by atoms with Crippen LogP contribution < -0.4 is 10.5 Å². The second-order valence-corrected chi connectivity index (χ2v) is 6.24. The minimum atomic E-state index is -1.35. The highest BCUT2D eigenvalue weighted by Crippen LogP contribution is 2.39. The maximum absolute atomic E-state index is 14.8. The van der Waals surface area contributed by atoms with Crippen molar-refractivity contribution in [2.45, 2.75) is 44.3 Å². The van der Waals surface area contributed by atoms with Crippen LogP contribution in [0.25, 0.3) is 10.9 Å². The van der Waals surface area contributed by atoms with E-state index in [0.717, 1.165) is 12.8 Å². The average Bonchev–Trinajstić information content (AvgIpc) is 2.96. The van der Waals surface area contributed by atoms with Crippen molar-refractivity contribution in [1.82, 2.24) is 14.8 Å². The van der Waals surface area contributed by atoms with E-state index in [1.807, 2.05) is 0 Å². The van der Waals surface area contributed by atoms with Crippen LogP contribution in [0.1, 0.15) is 32.6 Å². The molecule has 2 atom stereocenters. The van der Waals surface area contributed by atoms with Crippen molar-refractivity contribution in [2.24, 2.45) is 0 Å². The lowest BCUT2D eigenvalue weighted by Crippen LogP contribution is -2.49. The molecule has 1 saturated heterocycles. The van der Waals surface area contributed by atoms with Crippen molar-refractivity contribution in [2.75, 3.05) is 25.6 Å². The van der Waals surface area contributed by atoms with Gasteiger partial charge in [-0.3, -0.25) is 4.68 Å². The molecule has 7 nitrogen and oxygen atoms in total. The van der Waals surface area contributed by atoms with Gasteiger partial charge in [0.15, 0.2) is 5.82 Å². The zero-order valence-corrected chi connectivity index (χ0v) is 14.2. The first kappa shape index (κ1) is 17.4. The summed E-state index contributed by atoms with van der Waals surface area (Å²) < 4.78 is 27.3. The summed E-state index contributed by atoms with van der Waals surface area (Å²) in [5.41, 5.74) is 5.63. The van der Waals surface area contributed by atoms with Gasteiger partial charge in [-0.2, -0.15) is 10.4 Å². The molecule has 25 heavy (non-hydrogen) atoms. The predicted molar refractivity (Wildman–Crippen MR) is 90.9 cm³/mol. The first-order valence-electron chi connectivity index (χ1n) is 8.49. The maximum atomic E-state index is 14.8. The van der Waals surface area contributed by atoms with E-state index in [-0.39, 0.29) is 18.8 Å². The van der Waals surface area contributed by atoms with E-state index in [4.69, 9.17) is 15.2 Å². The molecule has 0 bridgehead atoms. The molecule has 0 spiro atoms. The van der Waals surface area contributed by atoms with E-state index in [0.29, 0.717) is 36.4 Å². The number of pyridine rings is 1. The van der Waals surface area contributed by atoms with Gasteiger partial charge in [0.25, 0.3) is 0 Å². The van der Waals surface area contributed by atoms with Gasteiger partial charge in [-0.25, -0.2) is 9.37 Å². The average molecular weight is 347 g/mol. The number of halogens is 1. The third kappa shape index (κ3) is 3.00. The van der Waals surface area contributed by atoms with E-state index in [2.05, 4.69) is 23.1 Å². The van der Waals surface area contributed by atoms with Crippen LogP contribution in [0, 0.1) is 11.3 Å². The van der Waals surface area contributed by atoms with Crippen molar-refractivity contribution < 1.29 is 13.9 Å². The third-order valence-electron chi connectivity index (χ3n) is 4.66. The predicted octanol–water partition coefficient (Wildman–Crippen LogP) is 2.56. The van der Waals surface area contributed by atoms with Gasteiger partial charge in [0.05, 0.1) is 31.2 Å². The van der Waals surface area contributed by atoms with Gasteiger partial charge in [-0.1, -0.05) is 13.3 Å². The molecule has 0 unspecified atom stereocenters. The van der Waals surface area contributed by atoms with Crippen molar-refractivity contribution in [3.05, 3.63) is 12.3 Å². The number of hydrogen-bond donors (Lipinski definition) is 1. The number of alkyl halides is 1. The number of aromatic nitrogens is 3. The lowest BCUT2D eigenvalue weighted by Gasteiger charge is -2.38. The van der Waals surface area contributed by atoms with Crippen molar-refractivity contribution in [3.63, 3.8) is 0 Å². The number of fused-ring (bicyclic) bond motifs is 1. The lowest BCUT2D eigenvalue weighted by molar-refractivity contribution is -0.0511. The first-order valence-corrected chi connectivity index (χ1v) is 8.49. The number of nitrogens with zero attached hydrogens (tertiary/aromatic N) is 4. The number of nitrogens with two attached hydrogens (primary N) is 1. The summed E-state index contributed by atoms with van der Waals surface area (Å²) in [4.78, 5) is 4.25. The molecule has 1 fully saturated rings. The van der Waals surface area contributed by atoms with Crippen molar-refractivity contribution in [3.8, 4) is 11.9 Å². The van der Waals surface area contributed by atoms with E-state index >= 15 is 0 Å². The fourth-order valence-corrected chi connectivity index (χ4v) is 3.22. The van der Waals surface area contributed by atoms with Crippen LogP contribution in [0.4, 0.5) is 10.2 Å². The number of ether oxygens (including phenoxy) is 2. The molecule has 1 aliphatic heterocycles. The number of nitriles is 1. The van der Waals surface area contributed by atoms with Gasteiger partial charge in [-0.05, 0) is 18.9 Å². The van der Waals surface area contributed by atoms with E-state index < -0.39 is 11.7 Å². The first-order chi connectivity index (χ1) is 12.1. The van der Waals surface area contributed by atoms with Crippen molar-refractivity contribution in [1.29, 1.82) is 5.26 Å². The quantitative estimate of drug-likeness (QED) is 0.806. The Bertz CT molecular complexity index is 787.